The van der Waals surface area contributed by atoms with E-state index in [0.717, 1.165) is 23.7 Å². The van der Waals surface area contributed by atoms with Crippen LogP contribution in [0.25, 0.3) is 10.9 Å². The number of hydrogen-bond acceptors (Lipinski definition) is 3. The third-order valence-corrected chi connectivity index (χ3v) is 5.35. The molecule has 3 aromatic rings. The molecule has 1 saturated heterocycles. The molecule has 2 heterocycles. The highest BCUT2D eigenvalue weighted by Crippen LogP contribution is 2.22. The Kier molecular flexibility index (Phi) is 5.52. The molecule has 0 aliphatic carbocycles. The number of carbonyl (C=O) groups is 3. The molecule has 0 bridgehead atoms. The quantitative estimate of drug-likeness (QED) is 0.620. The average Bonchev–Trinajstić information content (AvgIpc) is 3.22. The Bertz CT molecular complexity index is 1090. The second-order valence-electron chi connectivity index (χ2n) is 7.62. The van der Waals surface area contributed by atoms with Crippen molar-refractivity contribution in [3.05, 3.63) is 60.3 Å². The van der Waals surface area contributed by atoms with Gasteiger partial charge < -0.3 is 20.5 Å². The fraction of sp³-hybridized carbons (Fsp3) is 0.261. The van der Waals surface area contributed by atoms with Crippen molar-refractivity contribution in [1.29, 1.82) is 0 Å². The van der Waals surface area contributed by atoms with E-state index in [-0.39, 0.29) is 23.6 Å². The molecule has 30 heavy (non-hydrogen) atoms. The normalized spacial score (nSPS) is 16.3. The summed E-state index contributed by atoms with van der Waals surface area (Å²) in [5, 5.41) is 6.67. The SMILES string of the molecule is CC(=O)Nc1ccc(NC(=O)[C@@H]2CCCN(C(=O)c3ccc4cc[nH]c4c3)C2)cc1. The summed E-state index contributed by atoms with van der Waals surface area (Å²) in [5.74, 6) is -0.552. The highest BCUT2D eigenvalue weighted by molar-refractivity contribution is 5.99. The van der Waals surface area contributed by atoms with E-state index in [1.807, 2.05) is 30.5 Å². The Morgan fingerprint density at radius 1 is 1.00 bits per heavy atom. The van der Waals surface area contributed by atoms with Crippen LogP contribution in [-0.4, -0.2) is 40.7 Å². The fourth-order valence-electron chi connectivity index (χ4n) is 3.82. The Hall–Kier alpha value is -3.61. The van der Waals surface area contributed by atoms with Crippen molar-refractivity contribution >= 4 is 40.0 Å². The molecule has 1 fully saturated rings. The van der Waals surface area contributed by atoms with Gasteiger partial charge in [0.05, 0.1) is 5.92 Å². The van der Waals surface area contributed by atoms with Gasteiger partial charge in [0.15, 0.2) is 0 Å². The number of rotatable bonds is 4. The topological polar surface area (TPSA) is 94.3 Å². The van der Waals surface area contributed by atoms with Crippen molar-refractivity contribution < 1.29 is 14.4 Å². The molecule has 1 aliphatic rings. The van der Waals surface area contributed by atoms with Gasteiger partial charge in [0.2, 0.25) is 11.8 Å². The van der Waals surface area contributed by atoms with Crippen LogP contribution in [0, 0.1) is 5.92 Å². The first-order chi connectivity index (χ1) is 14.5. The third kappa shape index (κ3) is 4.35. The van der Waals surface area contributed by atoms with Gasteiger partial charge in [-0.05, 0) is 60.7 Å². The first kappa shape index (κ1) is 19.7. The highest BCUT2D eigenvalue weighted by atomic mass is 16.2. The molecule has 0 saturated carbocycles. The number of aromatic amines is 1. The van der Waals surface area contributed by atoms with E-state index < -0.39 is 0 Å². The smallest absolute Gasteiger partial charge is 0.253 e. The second kappa shape index (κ2) is 8.41. The van der Waals surface area contributed by atoms with E-state index in [0.29, 0.717) is 30.0 Å². The summed E-state index contributed by atoms with van der Waals surface area (Å²) in [7, 11) is 0. The van der Waals surface area contributed by atoms with Gasteiger partial charge in [-0.25, -0.2) is 0 Å². The summed E-state index contributed by atoms with van der Waals surface area (Å²) in [5.41, 5.74) is 2.89. The number of nitrogens with zero attached hydrogens (tertiary/aromatic N) is 1. The summed E-state index contributed by atoms with van der Waals surface area (Å²) >= 11 is 0. The summed E-state index contributed by atoms with van der Waals surface area (Å²) in [6, 6.07) is 14.6. The zero-order chi connectivity index (χ0) is 21.1. The van der Waals surface area contributed by atoms with Crippen molar-refractivity contribution in [3.63, 3.8) is 0 Å². The van der Waals surface area contributed by atoms with Gasteiger partial charge in [-0.15, -0.1) is 0 Å². The van der Waals surface area contributed by atoms with Crippen LogP contribution >= 0.6 is 0 Å². The van der Waals surface area contributed by atoms with Gasteiger partial charge in [-0.3, -0.25) is 14.4 Å². The van der Waals surface area contributed by atoms with Crippen LogP contribution in [0.15, 0.2) is 54.7 Å². The molecule has 0 radical (unpaired) electrons. The van der Waals surface area contributed by atoms with Crippen LogP contribution in [-0.2, 0) is 9.59 Å². The Labute approximate surface area is 174 Å². The van der Waals surface area contributed by atoms with Crippen LogP contribution in [0.2, 0.25) is 0 Å². The summed E-state index contributed by atoms with van der Waals surface area (Å²) in [6.07, 6.45) is 3.38. The maximum Gasteiger partial charge on any atom is 0.253 e. The average molecular weight is 404 g/mol. The lowest BCUT2D eigenvalue weighted by Gasteiger charge is -2.32. The maximum absolute atomic E-state index is 13.0. The molecule has 7 nitrogen and oxygen atoms in total. The first-order valence-electron chi connectivity index (χ1n) is 10.0. The molecular weight excluding hydrogens is 380 g/mol. The van der Waals surface area contributed by atoms with E-state index in [4.69, 9.17) is 0 Å². The zero-order valence-corrected chi connectivity index (χ0v) is 16.8. The first-order valence-corrected chi connectivity index (χ1v) is 10.0. The van der Waals surface area contributed by atoms with Crippen molar-refractivity contribution in [2.24, 2.45) is 5.92 Å². The number of fused-ring (bicyclic) bond motifs is 1. The number of anilines is 2. The molecule has 3 N–H and O–H groups in total. The van der Waals surface area contributed by atoms with E-state index in [2.05, 4.69) is 15.6 Å². The monoisotopic (exact) mass is 404 g/mol. The summed E-state index contributed by atoms with van der Waals surface area (Å²) < 4.78 is 0. The van der Waals surface area contributed by atoms with Crippen molar-refractivity contribution in [1.82, 2.24) is 9.88 Å². The largest absolute Gasteiger partial charge is 0.361 e. The van der Waals surface area contributed by atoms with Crippen LogP contribution in [0.5, 0.6) is 0 Å². The molecule has 1 aliphatic heterocycles. The molecule has 0 spiro atoms. The maximum atomic E-state index is 13.0. The number of aromatic nitrogens is 1. The lowest BCUT2D eigenvalue weighted by atomic mass is 9.96. The van der Waals surface area contributed by atoms with Gasteiger partial charge in [0.1, 0.15) is 0 Å². The minimum atomic E-state index is -0.257. The van der Waals surface area contributed by atoms with Gasteiger partial charge in [-0.1, -0.05) is 6.07 Å². The number of carbonyl (C=O) groups excluding carboxylic acids is 3. The van der Waals surface area contributed by atoms with Crippen molar-refractivity contribution in [2.75, 3.05) is 23.7 Å². The minimum Gasteiger partial charge on any atom is -0.361 e. The molecule has 154 valence electrons. The Morgan fingerprint density at radius 3 is 2.47 bits per heavy atom. The lowest BCUT2D eigenvalue weighted by Crippen LogP contribution is -2.43. The van der Waals surface area contributed by atoms with Gasteiger partial charge in [0, 0.05) is 48.7 Å². The molecule has 2 aromatic carbocycles. The predicted molar refractivity (Wildman–Crippen MR) is 116 cm³/mol. The second-order valence-corrected chi connectivity index (χ2v) is 7.62. The highest BCUT2D eigenvalue weighted by Gasteiger charge is 2.29. The molecule has 0 unspecified atom stereocenters. The molecule has 1 atom stereocenters. The van der Waals surface area contributed by atoms with Crippen LogP contribution in [0.3, 0.4) is 0 Å². The van der Waals surface area contributed by atoms with Gasteiger partial charge in [-0.2, -0.15) is 0 Å². The molecule has 1 aromatic heterocycles. The van der Waals surface area contributed by atoms with Gasteiger partial charge >= 0.3 is 0 Å². The zero-order valence-electron chi connectivity index (χ0n) is 16.8. The van der Waals surface area contributed by atoms with E-state index in [1.54, 1.807) is 29.2 Å². The molecule has 3 amide bonds. The molecule has 4 rings (SSSR count). The van der Waals surface area contributed by atoms with E-state index in [9.17, 15) is 14.4 Å². The number of hydrogen-bond donors (Lipinski definition) is 3. The van der Waals surface area contributed by atoms with Crippen LogP contribution < -0.4 is 10.6 Å². The number of piperidine rings is 1. The number of nitrogens with one attached hydrogen (secondary N) is 3. The summed E-state index contributed by atoms with van der Waals surface area (Å²) in [6.45, 7) is 2.50. The number of likely N-dealkylation sites (tertiary alicyclic amines) is 1. The Balaban J connectivity index is 1.39. The van der Waals surface area contributed by atoms with E-state index in [1.165, 1.54) is 6.92 Å². The molecule has 7 heteroatoms. The minimum absolute atomic E-state index is 0.0522. The number of benzene rings is 2. The summed E-state index contributed by atoms with van der Waals surface area (Å²) in [4.78, 5) is 41.7. The number of amides is 3. The Morgan fingerprint density at radius 2 is 1.73 bits per heavy atom. The van der Waals surface area contributed by atoms with Crippen LogP contribution in [0.4, 0.5) is 11.4 Å². The van der Waals surface area contributed by atoms with Crippen molar-refractivity contribution in [2.45, 2.75) is 19.8 Å². The van der Waals surface area contributed by atoms with E-state index >= 15 is 0 Å². The molecular formula is C23H24N4O3. The lowest BCUT2D eigenvalue weighted by molar-refractivity contribution is -0.121. The van der Waals surface area contributed by atoms with Gasteiger partial charge in [0.25, 0.3) is 5.91 Å². The van der Waals surface area contributed by atoms with Crippen LogP contribution in [0.1, 0.15) is 30.1 Å². The predicted octanol–water partition coefficient (Wildman–Crippen LogP) is 3.62. The third-order valence-electron chi connectivity index (χ3n) is 5.35. The number of H-pyrrole nitrogens is 1. The van der Waals surface area contributed by atoms with Crippen molar-refractivity contribution in [3.8, 4) is 0 Å². The fourth-order valence-corrected chi connectivity index (χ4v) is 3.82. The standard InChI is InChI=1S/C23H24N4O3/c1-15(28)25-19-6-8-20(9-7-19)26-22(29)18-3-2-12-27(14-18)23(30)17-5-4-16-10-11-24-21(16)13-17/h4-11,13,18,24H,2-3,12,14H2,1H3,(H,25,28)(H,26,29)/t18-/m1/s1.